The Bertz CT molecular complexity index is 463. The van der Waals surface area contributed by atoms with Crippen LogP contribution in [0.15, 0.2) is 22.7 Å². The maximum Gasteiger partial charge on any atom is 0.224 e. The number of hydrogen-bond donors (Lipinski definition) is 2. The van der Waals surface area contributed by atoms with Gasteiger partial charge in [0.05, 0.1) is 6.42 Å². The predicted octanol–water partition coefficient (Wildman–Crippen LogP) is 2.41. The summed E-state index contributed by atoms with van der Waals surface area (Å²) in [6.07, 6.45) is 2.78. The summed E-state index contributed by atoms with van der Waals surface area (Å²) in [7, 11) is 0. The van der Waals surface area contributed by atoms with Gasteiger partial charge in [-0.2, -0.15) is 0 Å². The number of carbonyl (C=O) groups is 1. The van der Waals surface area contributed by atoms with Gasteiger partial charge in [0.1, 0.15) is 5.82 Å². The third-order valence-corrected chi connectivity index (χ3v) is 3.83. The number of hydrogen-bond acceptors (Lipinski definition) is 2. The summed E-state index contributed by atoms with van der Waals surface area (Å²) in [5.74, 6) is -0.0886. The minimum Gasteiger partial charge on any atom is -0.396 e. The van der Waals surface area contributed by atoms with Crippen molar-refractivity contribution < 1.29 is 14.3 Å². The minimum absolute atomic E-state index is 0.0210. The van der Waals surface area contributed by atoms with Crippen LogP contribution in [-0.4, -0.2) is 23.7 Å². The van der Waals surface area contributed by atoms with Gasteiger partial charge in [0.15, 0.2) is 0 Å². The summed E-state index contributed by atoms with van der Waals surface area (Å²) in [5.41, 5.74) is 0.380. The third kappa shape index (κ3) is 4.28. The van der Waals surface area contributed by atoms with Gasteiger partial charge in [-0.3, -0.25) is 4.79 Å². The van der Waals surface area contributed by atoms with Crippen LogP contribution in [0.1, 0.15) is 24.8 Å². The molecule has 19 heavy (non-hydrogen) atoms. The Labute approximate surface area is 120 Å². The van der Waals surface area contributed by atoms with Crippen molar-refractivity contribution in [2.24, 2.45) is 5.92 Å². The van der Waals surface area contributed by atoms with E-state index < -0.39 is 0 Å². The Morgan fingerprint density at radius 3 is 2.89 bits per heavy atom. The number of aliphatic hydroxyl groups excluding tert-OH is 1. The van der Waals surface area contributed by atoms with E-state index in [1.165, 1.54) is 6.07 Å². The molecule has 0 spiro atoms. The van der Waals surface area contributed by atoms with Gasteiger partial charge in [-0.15, -0.1) is 0 Å². The van der Waals surface area contributed by atoms with Crippen LogP contribution >= 0.6 is 15.9 Å². The van der Waals surface area contributed by atoms with Crippen LogP contribution in [0.2, 0.25) is 0 Å². The van der Waals surface area contributed by atoms with Crippen LogP contribution in [0.3, 0.4) is 0 Å². The van der Waals surface area contributed by atoms with Gasteiger partial charge in [0.2, 0.25) is 5.91 Å². The lowest BCUT2D eigenvalue weighted by molar-refractivity contribution is -0.121. The summed E-state index contributed by atoms with van der Waals surface area (Å²) in [6.45, 7) is 0.0622. The van der Waals surface area contributed by atoms with Crippen molar-refractivity contribution in [1.82, 2.24) is 5.32 Å². The topological polar surface area (TPSA) is 49.3 Å². The Morgan fingerprint density at radius 1 is 1.53 bits per heavy atom. The second kappa shape index (κ2) is 6.48. The minimum atomic E-state index is -0.372. The third-order valence-electron chi connectivity index (χ3n) is 3.34. The van der Waals surface area contributed by atoms with E-state index in [1.54, 1.807) is 12.1 Å². The Balaban J connectivity index is 1.94. The van der Waals surface area contributed by atoms with E-state index in [4.69, 9.17) is 5.11 Å². The molecule has 0 bridgehead atoms. The fourth-order valence-electron chi connectivity index (χ4n) is 2.17. The van der Waals surface area contributed by atoms with Crippen LogP contribution < -0.4 is 5.32 Å². The highest BCUT2D eigenvalue weighted by Crippen LogP contribution is 2.33. The molecule has 1 aromatic carbocycles. The van der Waals surface area contributed by atoms with Gasteiger partial charge in [0.25, 0.3) is 0 Å². The molecule has 104 valence electrons. The first kappa shape index (κ1) is 14.5. The quantitative estimate of drug-likeness (QED) is 0.842. The van der Waals surface area contributed by atoms with Crippen molar-refractivity contribution in [3.63, 3.8) is 0 Å². The molecular formula is C14H17BrFNO2. The lowest BCUT2D eigenvalue weighted by Crippen LogP contribution is -2.38. The summed E-state index contributed by atoms with van der Waals surface area (Å²) >= 11 is 3.26. The van der Waals surface area contributed by atoms with E-state index in [2.05, 4.69) is 21.2 Å². The molecule has 0 aliphatic heterocycles. The van der Waals surface area contributed by atoms with E-state index in [9.17, 15) is 9.18 Å². The van der Waals surface area contributed by atoms with E-state index in [1.807, 2.05) is 0 Å². The van der Waals surface area contributed by atoms with Crippen LogP contribution in [-0.2, 0) is 11.2 Å². The first-order valence-corrected chi connectivity index (χ1v) is 7.23. The molecule has 2 rings (SSSR count). The molecule has 3 nitrogen and oxygen atoms in total. The normalized spacial score (nSPS) is 16.2. The molecule has 1 amide bonds. The Hall–Kier alpha value is -0.940. The molecule has 1 aliphatic rings. The van der Waals surface area contributed by atoms with Gasteiger partial charge >= 0.3 is 0 Å². The van der Waals surface area contributed by atoms with Crippen molar-refractivity contribution in [1.29, 1.82) is 0 Å². The summed E-state index contributed by atoms with van der Waals surface area (Å²) in [4.78, 5) is 11.9. The van der Waals surface area contributed by atoms with Crippen LogP contribution in [0.5, 0.6) is 0 Å². The van der Waals surface area contributed by atoms with E-state index in [-0.39, 0.29) is 30.8 Å². The molecule has 5 heteroatoms. The summed E-state index contributed by atoms with van der Waals surface area (Å²) in [5, 5.41) is 11.9. The van der Waals surface area contributed by atoms with Gasteiger partial charge in [0, 0.05) is 17.1 Å². The molecule has 1 atom stereocenters. The molecule has 0 aromatic heterocycles. The number of carbonyl (C=O) groups excluding carboxylic acids is 1. The summed E-state index contributed by atoms with van der Waals surface area (Å²) < 4.78 is 14.3. The highest BCUT2D eigenvalue weighted by molar-refractivity contribution is 9.10. The highest BCUT2D eigenvalue weighted by atomic mass is 79.9. The summed E-state index contributed by atoms with van der Waals surface area (Å²) in [6, 6.07) is 4.59. The molecule has 0 radical (unpaired) electrons. The Kier molecular flexibility index (Phi) is 4.93. The van der Waals surface area contributed by atoms with Crippen molar-refractivity contribution in [3.05, 3.63) is 34.1 Å². The number of aliphatic hydroxyl groups is 1. The SMILES string of the molecule is O=C(Cc1cc(Br)ccc1F)NC(CCO)C1CC1. The van der Waals surface area contributed by atoms with Crippen molar-refractivity contribution in [2.75, 3.05) is 6.61 Å². The van der Waals surface area contributed by atoms with Crippen molar-refractivity contribution in [3.8, 4) is 0 Å². The smallest absolute Gasteiger partial charge is 0.224 e. The zero-order chi connectivity index (χ0) is 13.8. The fraction of sp³-hybridized carbons (Fsp3) is 0.500. The van der Waals surface area contributed by atoms with Gasteiger partial charge in [-0.25, -0.2) is 4.39 Å². The van der Waals surface area contributed by atoms with E-state index >= 15 is 0 Å². The molecule has 1 saturated carbocycles. The van der Waals surface area contributed by atoms with Crippen LogP contribution in [0.4, 0.5) is 4.39 Å². The molecule has 1 fully saturated rings. The lowest BCUT2D eigenvalue weighted by Gasteiger charge is -2.17. The molecule has 1 aliphatic carbocycles. The van der Waals surface area contributed by atoms with Crippen LogP contribution in [0.25, 0.3) is 0 Å². The lowest BCUT2D eigenvalue weighted by atomic mass is 10.1. The molecule has 2 N–H and O–H groups in total. The first-order chi connectivity index (χ1) is 9.10. The molecule has 1 aromatic rings. The van der Waals surface area contributed by atoms with Crippen molar-refractivity contribution >= 4 is 21.8 Å². The number of rotatable bonds is 6. The zero-order valence-electron chi connectivity index (χ0n) is 10.5. The largest absolute Gasteiger partial charge is 0.396 e. The maximum atomic E-state index is 13.5. The fourth-order valence-corrected chi connectivity index (χ4v) is 2.58. The maximum absolute atomic E-state index is 13.5. The van der Waals surface area contributed by atoms with Crippen LogP contribution in [0, 0.1) is 11.7 Å². The molecular weight excluding hydrogens is 313 g/mol. The van der Waals surface area contributed by atoms with Gasteiger partial charge in [-0.05, 0) is 48.9 Å². The second-order valence-electron chi connectivity index (χ2n) is 4.94. The zero-order valence-corrected chi connectivity index (χ0v) is 12.1. The standard InChI is InChI=1S/C14H17BrFNO2/c15-11-3-4-12(16)10(7-11)8-14(19)17-13(5-6-18)9-1-2-9/h3-4,7,9,13,18H,1-2,5-6,8H2,(H,17,19). The first-order valence-electron chi connectivity index (χ1n) is 6.44. The molecule has 1 unspecified atom stereocenters. The second-order valence-corrected chi connectivity index (χ2v) is 5.85. The average molecular weight is 330 g/mol. The van der Waals surface area contributed by atoms with Gasteiger partial charge in [-0.1, -0.05) is 15.9 Å². The average Bonchev–Trinajstić information content (AvgIpc) is 3.17. The molecule has 0 heterocycles. The molecule has 0 saturated heterocycles. The number of halogens is 2. The highest BCUT2D eigenvalue weighted by Gasteiger charge is 2.31. The number of amides is 1. The van der Waals surface area contributed by atoms with Crippen molar-refractivity contribution in [2.45, 2.75) is 31.7 Å². The monoisotopic (exact) mass is 329 g/mol. The van der Waals surface area contributed by atoms with E-state index in [0.29, 0.717) is 17.9 Å². The van der Waals surface area contributed by atoms with Gasteiger partial charge < -0.3 is 10.4 Å². The number of nitrogens with one attached hydrogen (secondary N) is 1. The number of benzene rings is 1. The Morgan fingerprint density at radius 2 is 2.26 bits per heavy atom. The predicted molar refractivity (Wildman–Crippen MR) is 74.2 cm³/mol. The van der Waals surface area contributed by atoms with E-state index in [0.717, 1.165) is 17.3 Å².